The van der Waals surface area contributed by atoms with Crippen LogP contribution < -0.4 is 10.6 Å². The molecule has 1 aromatic carbocycles. The van der Waals surface area contributed by atoms with Gasteiger partial charge in [-0.15, -0.1) is 0 Å². The van der Waals surface area contributed by atoms with E-state index in [1.54, 1.807) is 0 Å². The van der Waals surface area contributed by atoms with Crippen molar-refractivity contribution in [3.8, 4) is 0 Å². The van der Waals surface area contributed by atoms with Crippen LogP contribution in [0.1, 0.15) is 38.4 Å². The van der Waals surface area contributed by atoms with Gasteiger partial charge in [-0.2, -0.15) is 11.8 Å². The van der Waals surface area contributed by atoms with Crippen LogP contribution in [0.3, 0.4) is 0 Å². The second-order valence-corrected chi connectivity index (χ2v) is 8.06. The first-order valence-corrected chi connectivity index (χ1v) is 11.0. The number of hydrogen-bond acceptors (Lipinski definition) is 3. The van der Waals surface area contributed by atoms with Crippen LogP contribution in [0.5, 0.6) is 0 Å². The number of imidazole rings is 1. The highest BCUT2D eigenvalue weighted by atomic mass is 32.2. The lowest BCUT2D eigenvalue weighted by Gasteiger charge is -2.17. The van der Waals surface area contributed by atoms with Gasteiger partial charge in [-0.25, -0.2) is 4.98 Å². The second-order valence-electron chi connectivity index (χ2n) is 6.93. The van der Waals surface area contributed by atoms with Gasteiger partial charge in [0.2, 0.25) is 0 Å². The third kappa shape index (κ3) is 4.72. The molecule has 1 aliphatic carbocycles. The summed E-state index contributed by atoms with van der Waals surface area (Å²) >= 11 is 1.99. The molecule has 1 heterocycles. The maximum absolute atomic E-state index is 4.79. The normalized spacial score (nSPS) is 20.7. The van der Waals surface area contributed by atoms with Crippen LogP contribution in [0.25, 0.3) is 11.0 Å². The molecule has 2 N–H and O–H groups in total. The summed E-state index contributed by atoms with van der Waals surface area (Å²) < 4.78 is 2.30. The number of fused-ring (bicyclic) bond motifs is 1. The Kier molecular flexibility index (Phi) is 6.83. The molecule has 2 unspecified atom stereocenters. The van der Waals surface area contributed by atoms with Crippen LogP contribution in [-0.4, -0.2) is 46.1 Å². The monoisotopic (exact) mass is 373 g/mol. The van der Waals surface area contributed by atoms with Crippen molar-refractivity contribution in [1.82, 2.24) is 20.2 Å². The zero-order valence-corrected chi connectivity index (χ0v) is 17.0. The van der Waals surface area contributed by atoms with E-state index in [0.29, 0.717) is 6.04 Å². The summed E-state index contributed by atoms with van der Waals surface area (Å²) in [5, 5.41) is 7.81. The van der Waals surface area contributed by atoms with Gasteiger partial charge in [0.25, 0.3) is 0 Å². The maximum atomic E-state index is 4.79. The fourth-order valence-corrected chi connectivity index (χ4v) is 4.49. The molecule has 6 heteroatoms. The number of nitrogens with one attached hydrogen (secondary N) is 2. The zero-order chi connectivity index (χ0) is 18.4. The summed E-state index contributed by atoms with van der Waals surface area (Å²) in [6, 6.07) is 8.90. The van der Waals surface area contributed by atoms with Gasteiger partial charge in [0.1, 0.15) is 5.82 Å². The van der Waals surface area contributed by atoms with Crippen molar-refractivity contribution >= 4 is 28.8 Å². The average Bonchev–Trinajstić information content (AvgIpc) is 3.22. The Hall–Kier alpha value is -1.69. The molecule has 1 fully saturated rings. The lowest BCUT2D eigenvalue weighted by Crippen LogP contribution is -2.42. The standard InChI is InChI=1S/C20H31N5S/c1-4-21-20(24-16-10-11-17(14-16)26-3)22-12-7-13-25-15(2)23-18-8-5-6-9-19(18)25/h5-6,8-9,16-17H,4,7,10-14H2,1-3H3,(H2,21,22,24). The van der Waals surface area contributed by atoms with E-state index >= 15 is 0 Å². The van der Waals surface area contributed by atoms with Crippen molar-refractivity contribution in [1.29, 1.82) is 0 Å². The number of thioether (sulfide) groups is 1. The number of nitrogens with zero attached hydrogens (tertiary/aromatic N) is 3. The summed E-state index contributed by atoms with van der Waals surface area (Å²) in [6.07, 6.45) is 7.02. The summed E-state index contributed by atoms with van der Waals surface area (Å²) in [5.74, 6) is 2.04. The van der Waals surface area contributed by atoms with Gasteiger partial charge in [0, 0.05) is 30.9 Å². The molecule has 26 heavy (non-hydrogen) atoms. The molecule has 1 aromatic heterocycles. The minimum absolute atomic E-state index is 0.560. The largest absolute Gasteiger partial charge is 0.357 e. The van der Waals surface area contributed by atoms with Gasteiger partial charge >= 0.3 is 0 Å². The smallest absolute Gasteiger partial charge is 0.191 e. The Morgan fingerprint density at radius 2 is 2.19 bits per heavy atom. The van der Waals surface area contributed by atoms with Crippen LogP contribution in [0.2, 0.25) is 0 Å². The number of guanidine groups is 1. The first-order valence-electron chi connectivity index (χ1n) is 9.70. The molecular weight excluding hydrogens is 342 g/mol. The van der Waals surface area contributed by atoms with Gasteiger partial charge in [-0.1, -0.05) is 12.1 Å². The lowest BCUT2D eigenvalue weighted by molar-refractivity contribution is 0.608. The van der Waals surface area contributed by atoms with Crippen LogP contribution >= 0.6 is 11.8 Å². The van der Waals surface area contributed by atoms with Crippen molar-refractivity contribution in [3.05, 3.63) is 30.1 Å². The molecule has 0 aliphatic heterocycles. The van der Waals surface area contributed by atoms with Gasteiger partial charge in [-0.05, 0) is 57.9 Å². The zero-order valence-electron chi connectivity index (χ0n) is 16.2. The van der Waals surface area contributed by atoms with Crippen LogP contribution in [-0.2, 0) is 6.54 Å². The molecule has 142 valence electrons. The van der Waals surface area contributed by atoms with E-state index in [9.17, 15) is 0 Å². The number of rotatable bonds is 7. The van der Waals surface area contributed by atoms with E-state index in [1.165, 1.54) is 24.8 Å². The molecule has 2 atom stereocenters. The van der Waals surface area contributed by atoms with Crippen molar-refractivity contribution in [2.75, 3.05) is 19.3 Å². The van der Waals surface area contributed by atoms with Gasteiger partial charge < -0.3 is 15.2 Å². The molecule has 1 aliphatic rings. The van der Waals surface area contributed by atoms with Crippen molar-refractivity contribution < 1.29 is 0 Å². The third-order valence-corrected chi connectivity index (χ3v) is 6.15. The molecule has 0 radical (unpaired) electrons. The molecule has 1 saturated carbocycles. The molecule has 0 bridgehead atoms. The van der Waals surface area contributed by atoms with E-state index < -0.39 is 0 Å². The second kappa shape index (κ2) is 9.31. The molecule has 2 aromatic rings. The summed E-state index contributed by atoms with van der Waals surface area (Å²) in [6.45, 7) is 6.87. The minimum Gasteiger partial charge on any atom is -0.357 e. The predicted octanol–water partition coefficient (Wildman–Crippen LogP) is 3.57. The average molecular weight is 374 g/mol. The van der Waals surface area contributed by atoms with Crippen molar-refractivity contribution in [2.45, 2.75) is 57.4 Å². The van der Waals surface area contributed by atoms with Crippen molar-refractivity contribution in [3.63, 3.8) is 0 Å². The third-order valence-electron chi connectivity index (χ3n) is 5.06. The molecule has 0 amide bonds. The van der Waals surface area contributed by atoms with Crippen LogP contribution in [0.15, 0.2) is 29.3 Å². The Morgan fingerprint density at radius 1 is 1.35 bits per heavy atom. The van der Waals surface area contributed by atoms with E-state index in [0.717, 1.165) is 48.6 Å². The Labute approximate surface area is 161 Å². The molecular formula is C20H31N5S. The number of para-hydroxylation sites is 2. The maximum Gasteiger partial charge on any atom is 0.191 e. The number of aromatic nitrogens is 2. The number of aliphatic imine (C=N–C) groups is 1. The fourth-order valence-electron chi connectivity index (χ4n) is 3.70. The lowest BCUT2D eigenvalue weighted by atomic mass is 10.2. The minimum atomic E-state index is 0.560. The van der Waals surface area contributed by atoms with Gasteiger partial charge in [-0.3, -0.25) is 4.99 Å². The Bertz CT molecular complexity index is 739. The first kappa shape index (κ1) is 19.1. The molecule has 0 saturated heterocycles. The predicted molar refractivity (Wildman–Crippen MR) is 113 cm³/mol. The van der Waals surface area contributed by atoms with E-state index in [1.807, 2.05) is 17.8 Å². The van der Waals surface area contributed by atoms with Gasteiger partial charge in [0.05, 0.1) is 11.0 Å². The number of hydrogen-bond donors (Lipinski definition) is 2. The Morgan fingerprint density at radius 3 is 2.96 bits per heavy atom. The topological polar surface area (TPSA) is 54.2 Å². The van der Waals surface area contributed by atoms with E-state index in [2.05, 4.69) is 58.5 Å². The summed E-state index contributed by atoms with van der Waals surface area (Å²) in [4.78, 5) is 9.43. The quantitative estimate of drug-likeness (QED) is 0.442. The number of aryl methyl sites for hydroxylation is 2. The summed E-state index contributed by atoms with van der Waals surface area (Å²) in [7, 11) is 0. The van der Waals surface area contributed by atoms with E-state index in [-0.39, 0.29) is 0 Å². The highest BCUT2D eigenvalue weighted by Gasteiger charge is 2.24. The van der Waals surface area contributed by atoms with Crippen LogP contribution in [0.4, 0.5) is 0 Å². The van der Waals surface area contributed by atoms with E-state index in [4.69, 9.17) is 4.99 Å². The molecule has 0 spiro atoms. The fraction of sp³-hybridized carbons (Fsp3) is 0.600. The summed E-state index contributed by atoms with van der Waals surface area (Å²) in [5.41, 5.74) is 2.29. The van der Waals surface area contributed by atoms with Crippen molar-refractivity contribution in [2.24, 2.45) is 4.99 Å². The molecule has 3 rings (SSSR count). The first-order chi connectivity index (χ1) is 12.7. The molecule has 5 nitrogen and oxygen atoms in total. The number of benzene rings is 1. The Balaban J connectivity index is 1.54. The highest BCUT2D eigenvalue weighted by Crippen LogP contribution is 2.28. The van der Waals surface area contributed by atoms with Gasteiger partial charge in [0.15, 0.2) is 5.96 Å². The SMILES string of the molecule is CCNC(=NCCCn1c(C)nc2ccccc21)NC1CCC(SC)C1. The van der Waals surface area contributed by atoms with Crippen LogP contribution in [0, 0.1) is 6.92 Å². The highest BCUT2D eigenvalue weighted by molar-refractivity contribution is 7.99.